The van der Waals surface area contributed by atoms with Crippen molar-refractivity contribution in [2.45, 2.75) is 43.3 Å². The van der Waals surface area contributed by atoms with Gasteiger partial charge in [-0.25, -0.2) is 0 Å². The zero-order chi connectivity index (χ0) is 29.3. The Labute approximate surface area is 233 Å². The second kappa shape index (κ2) is 11.3. The molecule has 214 valence electrons. The smallest absolute Gasteiger partial charge is 0.430 e. The molecule has 0 fully saturated rings. The number of hydrogen-bond donors (Lipinski definition) is 1. The molecule has 1 aliphatic rings. The molecule has 0 saturated carbocycles. The van der Waals surface area contributed by atoms with Gasteiger partial charge in [-0.05, 0) is 64.2 Å². The highest BCUT2D eigenvalue weighted by Crippen LogP contribution is 2.50. The average molecular weight is 633 g/mol. The summed E-state index contributed by atoms with van der Waals surface area (Å²) in [7, 11) is 1.47. The maximum absolute atomic E-state index is 13.6. The summed E-state index contributed by atoms with van der Waals surface area (Å²) < 4.78 is 93.3. The molecule has 13 heteroatoms. The number of carbonyl (C=O) groups excluding carboxylic acids is 1. The zero-order valence-electron chi connectivity index (χ0n) is 20.9. The monoisotopic (exact) mass is 632 g/mol. The number of amides is 1. The third-order valence-electron chi connectivity index (χ3n) is 6.49. The molecule has 0 radical (unpaired) electrons. The number of aryl methyl sites for hydroxylation is 1. The van der Waals surface area contributed by atoms with Gasteiger partial charge < -0.3 is 19.5 Å². The quantitative estimate of drug-likeness (QED) is 0.331. The van der Waals surface area contributed by atoms with E-state index < -0.39 is 35.5 Å². The van der Waals surface area contributed by atoms with E-state index in [1.807, 2.05) is 0 Å². The largest absolute Gasteiger partial charge is 0.497 e. The topological polar surface area (TPSA) is 71.9 Å². The normalized spacial score (nSPS) is 16.2. The molecule has 0 bridgehead atoms. The molecule has 4 rings (SSSR count). The van der Waals surface area contributed by atoms with Crippen LogP contribution in [0.4, 0.5) is 32.0 Å². The van der Waals surface area contributed by atoms with Gasteiger partial charge in [0.05, 0.1) is 20.1 Å². The van der Waals surface area contributed by atoms with Crippen LogP contribution in [-0.2, 0) is 23.2 Å². The molecular weight excluding hydrogens is 610 g/mol. The third kappa shape index (κ3) is 6.04. The summed E-state index contributed by atoms with van der Waals surface area (Å²) in [6.07, 6.45) is -9.75. The average Bonchev–Trinajstić information content (AvgIpc) is 3.06. The Bertz CT molecular complexity index is 1370. The van der Waals surface area contributed by atoms with Crippen LogP contribution in [-0.4, -0.2) is 48.1 Å². The number of nitrogens with zero attached hydrogens (tertiary/aromatic N) is 2. The molecule has 0 spiro atoms. The number of rotatable bonds is 6. The van der Waals surface area contributed by atoms with Gasteiger partial charge in [-0.1, -0.05) is 18.2 Å². The Morgan fingerprint density at radius 3 is 2.40 bits per heavy atom. The maximum atomic E-state index is 13.6. The minimum absolute atomic E-state index is 0.0220. The van der Waals surface area contributed by atoms with Crippen molar-refractivity contribution in [3.63, 3.8) is 0 Å². The minimum Gasteiger partial charge on any atom is -0.497 e. The molecular formula is C27H23BrF6N2O4. The predicted molar refractivity (Wildman–Crippen MR) is 136 cm³/mol. The van der Waals surface area contributed by atoms with Gasteiger partial charge in [-0.15, -0.1) is 0 Å². The summed E-state index contributed by atoms with van der Waals surface area (Å²) in [5, 5.41) is 9.94. The molecule has 2 heterocycles. The Kier molecular flexibility index (Phi) is 8.36. The van der Waals surface area contributed by atoms with Crippen molar-refractivity contribution in [3.05, 3.63) is 82.1 Å². The summed E-state index contributed by atoms with van der Waals surface area (Å²) in [6.45, 7) is -0.0351. The standard InChI is InChI=1S/C27H23BrF6N2O4/c1-39-20-3-2-4-21(12-20)40-22-7-5-17-11-18(25(38,26(29,30)31)27(32,33)34)6-8-23(17)36(15-22)24(37)10-16-9-19(28)14-35-13-16/h2-4,6,8-9,11-14,22,38H,5,7,10,15H2,1H3/t22-/m0/s1. The molecule has 0 aliphatic carbocycles. The van der Waals surface area contributed by atoms with Gasteiger partial charge in [-0.2, -0.15) is 26.3 Å². The molecule has 1 aliphatic heterocycles. The summed E-state index contributed by atoms with van der Waals surface area (Å²) >= 11 is 3.28. The molecule has 3 aromatic rings. The van der Waals surface area contributed by atoms with Gasteiger partial charge in [0.15, 0.2) is 0 Å². The maximum Gasteiger partial charge on any atom is 0.430 e. The Morgan fingerprint density at radius 2 is 1.75 bits per heavy atom. The van der Waals surface area contributed by atoms with Gasteiger partial charge in [0.25, 0.3) is 5.60 Å². The van der Waals surface area contributed by atoms with Crippen LogP contribution in [0, 0.1) is 0 Å². The van der Waals surface area contributed by atoms with Crippen LogP contribution in [0.3, 0.4) is 0 Å². The van der Waals surface area contributed by atoms with E-state index in [2.05, 4.69) is 20.9 Å². The zero-order valence-corrected chi connectivity index (χ0v) is 22.5. The van der Waals surface area contributed by atoms with Crippen molar-refractivity contribution in [1.82, 2.24) is 4.98 Å². The second-order valence-electron chi connectivity index (χ2n) is 9.20. The number of anilines is 1. The van der Waals surface area contributed by atoms with Gasteiger partial charge in [0, 0.05) is 34.2 Å². The molecule has 0 saturated heterocycles. The highest BCUT2D eigenvalue weighted by atomic mass is 79.9. The number of hydrogen-bond acceptors (Lipinski definition) is 5. The number of aliphatic hydroxyl groups is 1. The van der Waals surface area contributed by atoms with Crippen LogP contribution >= 0.6 is 15.9 Å². The van der Waals surface area contributed by atoms with Crippen LogP contribution < -0.4 is 14.4 Å². The minimum atomic E-state index is -6.04. The number of methoxy groups -OCH3 is 1. The van der Waals surface area contributed by atoms with Gasteiger partial charge in [0.1, 0.15) is 17.6 Å². The van der Waals surface area contributed by atoms with Crippen molar-refractivity contribution >= 4 is 27.5 Å². The van der Waals surface area contributed by atoms with Crippen molar-refractivity contribution in [3.8, 4) is 11.5 Å². The Balaban J connectivity index is 1.74. The molecule has 1 aromatic heterocycles. The van der Waals surface area contributed by atoms with Crippen LogP contribution in [0.1, 0.15) is 23.1 Å². The van der Waals surface area contributed by atoms with Crippen molar-refractivity contribution < 1.29 is 45.7 Å². The van der Waals surface area contributed by atoms with Crippen LogP contribution in [0.2, 0.25) is 0 Å². The Hall–Kier alpha value is -3.32. The van der Waals surface area contributed by atoms with Crippen molar-refractivity contribution in [1.29, 1.82) is 0 Å². The van der Waals surface area contributed by atoms with Gasteiger partial charge in [-0.3, -0.25) is 9.78 Å². The number of carbonyl (C=O) groups is 1. The van der Waals surface area contributed by atoms with E-state index >= 15 is 0 Å². The molecule has 1 N–H and O–H groups in total. The summed E-state index contributed by atoms with van der Waals surface area (Å²) in [4.78, 5) is 18.8. The Morgan fingerprint density at radius 1 is 1.05 bits per heavy atom. The highest BCUT2D eigenvalue weighted by Gasteiger charge is 2.71. The van der Waals surface area contributed by atoms with E-state index in [4.69, 9.17) is 9.47 Å². The number of benzene rings is 2. The lowest BCUT2D eigenvalue weighted by atomic mass is 9.89. The first kappa shape index (κ1) is 29.7. The third-order valence-corrected chi connectivity index (χ3v) is 6.93. The fourth-order valence-corrected chi connectivity index (χ4v) is 4.91. The summed E-state index contributed by atoms with van der Waals surface area (Å²) in [5.74, 6) is 0.438. The fraction of sp³-hybridized carbons (Fsp3) is 0.333. The molecule has 40 heavy (non-hydrogen) atoms. The number of alkyl halides is 6. The predicted octanol–water partition coefficient (Wildman–Crippen LogP) is 6.13. The number of ether oxygens (including phenoxy) is 2. The van der Waals surface area contributed by atoms with E-state index in [-0.39, 0.29) is 37.1 Å². The SMILES string of the molecule is COc1cccc(O[C@H]2CCc3cc(C(O)(C(F)(F)F)C(F)(F)F)ccc3N(C(=O)Cc3cncc(Br)c3)C2)c1. The molecule has 1 amide bonds. The van der Waals surface area contributed by atoms with Gasteiger partial charge in [0.2, 0.25) is 5.91 Å². The van der Waals surface area contributed by atoms with Gasteiger partial charge >= 0.3 is 12.4 Å². The number of halogens is 7. The molecule has 0 unspecified atom stereocenters. The number of pyridine rings is 1. The van der Waals surface area contributed by atoms with E-state index in [9.17, 15) is 36.2 Å². The second-order valence-corrected chi connectivity index (χ2v) is 10.1. The first-order valence-electron chi connectivity index (χ1n) is 11.9. The highest BCUT2D eigenvalue weighted by molar-refractivity contribution is 9.10. The first-order chi connectivity index (χ1) is 18.7. The lowest BCUT2D eigenvalue weighted by molar-refractivity contribution is -0.376. The van der Waals surface area contributed by atoms with E-state index in [0.29, 0.717) is 33.7 Å². The van der Waals surface area contributed by atoms with Crippen molar-refractivity contribution in [2.75, 3.05) is 18.6 Å². The fourth-order valence-electron chi connectivity index (χ4n) is 4.49. The molecule has 1 atom stereocenters. The lowest BCUT2D eigenvalue weighted by Gasteiger charge is -2.33. The van der Waals surface area contributed by atoms with E-state index in [1.165, 1.54) is 24.4 Å². The lowest BCUT2D eigenvalue weighted by Crippen LogP contribution is -2.54. The van der Waals surface area contributed by atoms with Crippen molar-refractivity contribution in [2.24, 2.45) is 0 Å². The van der Waals surface area contributed by atoms with E-state index in [1.54, 1.807) is 30.3 Å². The van der Waals surface area contributed by atoms with Crippen LogP contribution in [0.5, 0.6) is 11.5 Å². The summed E-state index contributed by atoms with van der Waals surface area (Å²) in [6, 6.07) is 10.5. The van der Waals surface area contributed by atoms with Crippen LogP contribution in [0.15, 0.2) is 65.4 Å². The van der Waals surface area contributed by atoms with E-state index in [0.717, 1.165) is 6.07 Å². The van der Waals surface area contributed by atoms with Crippen LogP contribution in [0.25, 0.3) is 0 Å². The summed E-state index contributed by atoms with van der Waals surface area (Å²) in [5.41, 5.74) is -5.78. The first-order valence-corrected chi connectivity index (χ1v) is 12.7. The molecule has 2 aromatic carbocycles. The number of fused-ring (bicyclic) bond motifs is 1. The molecule has 6 nitrogen and oxygen atoms in total. The number of aromatic nitrogens is 1.